The summed E-state index contributed by atoms with van der Waals surface area (Å²) in [6.07, 6.45) is 1.17. The smallest absolute Gasteiger partial charge is 0.0351 e. The second-order valence-electron chi connectivity index (χ2n) is 3.60. The van der Waals surface area contributed by atoms with Crippen LogP contribution in [0.4, 0.5) is 0 Å². The maximum Gasteiger partial charge on any atom is 0.0351 e. The van der Waals surface area contributed by atoms with Crippen molar-refractivity contribution < 1.29 is 0 Å². The highest BCUT2D eigenvalue weighted by Gasteiger charge is 2.04. The first-order valence-electron chi connectivity index (χ1n) is 5.29. The van der Waals surface area contributed by atoms with Crippen LogP contribution in [0.1, 0.15) is 18.9 Å². The second-order valence-corrected chi connectivity index (χ2v) is 4.89. The lowest BCUT2D eigenvalue weighted by molar-refractivity contribution is 0.282. The zero-order chi connectivity index (χ0) is 11.1. The van der Waals surface area contributed by atoms with Crippen molar-refractivity contribution in [2.24, 2.45) is 0 Å². The predicted octanol–water partition coefficient (Wildman–Crippen LogP) is 3.90. The first-order chi connectivity index (χ1) is 7.26. The van der Waals surface area contributed by atoms with Gasteiger partial charge in [0.1, 0.15) is 0 Å². The summed E-state index contributed by atoms with van der Waals surface area (Å²) < 4.78 is 1.14. The zero-order valence-corrected chi connectivity index (χ0v) is 11.4. The van der Waals surface area contributed by atoms with E-state index in [1.54, 1.807) is 0 Å². The molecule has 15 heavy (non-hydrogen) atoms. The molecule has 0 saturated heterocycles. The zero-order valence-electron chi connectivity index (χ0n) is 9.05. The minimum atomic E-state index is 0.702. The van der Waals surface area contributed by atoms with Crippen LogP contribution in [-0.2, 0) is 6.54 Å². The Morgan fingerprint density at radius 3 is 2.73 bits per heavy atom. The molecule has 0 atom stereocenters. The third kappa shape index (κ3) is 5.01. The highest BCUT2D eigenvalue weighted by Crippen LogP contribution is 2.13. The highest BCUT2D eigenvalue weighted by molar-refractivity contribution is 9.10. The van der Waals surface area contributed by atoms with Crippen molar-refractivity contribution >= 4 is 27.5 Å². The van der Waals surface area contributed by atoms with Crippen LogP contribution >= 0.6 is 27.5 Å². The van der Waals surface area contributed by atoms with Crippen molar-refractivity contribution in [3.8, 4) is 0 Å². The van der Waals surface area contributed by atoms with E-state index < -0.39 is 0 Å². The van der Waals surface area contributed by atoms with Gasteiger partial charge in [-0.25, -0.2) is 0 Å². The molecule has 1 aromatic rings. The van der Waals surface area contributed by atoms with Gasteiger partial charge < -0.3 is 0 Å². The monoisotopic (exact) mass is 289 g/mol. The number of nitrogens with zero attached hydrogens (tertiary/aromatic N) is 1. The number of rotatable bonds is 6. The third-order valence-corrected chi connectivity index (χ3v) is 2.90. The van der Waals surface area contributed by atoms with Gasteiger partial charge in [-0.05, 0) is 30.7 Å². The van der Waals surface area contributed by atoms with E-state index >= 15 is 0 Å². The summed E-state index contributed by atoms with van der Waals surface area (Å²) in [5, 5.41) is 0. The number of hydrogen-bond donors (Lipinski definition) is 0. The van der Waals surface area contributed by atoms with Gasteiger partial charge in [-0.2, -0.15) is 0 Å². The SMILES string of the molecule is CCCN(CCCl)Cc1cccc(Br)c1. The fourth-order valence-corrected chi connectivity index (χ4v) is 2.28. The average molecular weight is 291 g/mol. The molecule has 1 nitrogen and oxygen atoms in total. The Balaban J connectivity index is 2.56. The molecule has 0 fully saturated rings. The molecule has 0 heterocycles. The molecule has 0 bridgehead atoms. The standard InChI is InChI=1S/C12H17BrClN/c1-2-7-15(8-6-14)10-11-4-3-5-12(13)9-11/h3-5,9H,2,6-8,10H2,1H3. The van der Waals surface area contributed by atoms with E-state index in [1.807, 2.05) is 0 Å². The van der Waals surface area contributed by atoms with E-state index in [0.29, 0.717) is 5.88 Å². The number of benzene rings is 1. The van der Waals surface area contributed by atoms with E-state index in [-0.39, 0.29) is 0 Å². The Bertz CT molecular complexity index is 285. The quantitative estimate of drug-likeness (QED) is 0.718. The number of alkyl halides is 1. The van der Waals surface area contributed by atoms with Gasteiger partial charge in [0.2, 0.25) is 0 Å². The molecule has 0 aromatic heterocycles. The molecule has 0 radical (unpaired) electrons. The first-order valence-corrected chi connectivity index (χ1v) is 6.61. The molecular formula is C12H17BrClN. The minimum absolute atomic E-state index is 0.702. The van der Waals surface area contributed by atoms with Crippen molar-refractivity contribution in [3.05, 3.63) is 34.3 Å². The molecule has 0 N–H and O–H groups in total. The lowest BCUT2D eigenvalue weighted by Gasteiger charge is -2.20. The van der Waals surface area contributed by atoms with Crippen LogP contribution in [-0.4, -0.2) is 23.9 Å². The van der Waals surface area contributed by atoms with Gasteiger partial charge in [0, 0.05) is 23.4 Å². The number of hydrogen-bond acceptors (Lipinski definition) is 1. The van der Waals surface area contributed by atoms with Crippen LogP contribution in [0, 0.1) is 0 Å². The van der Waals surface area contributed by atoms with Crippen LogP contribution in [0.15, 0.2) is 28.7 Å². The Hall–Kier alpha value is -0.0500. The van der Waals surface area contributed by atoms with Crippen LogP contribution in [0.3, 0.4) is 0 Å². The van der Waals surface area contributed by atoms with E-state index in [0.717, 1.165) is 24.1 Å². The topological polar surface area (TPSA) is 3.24 Å². The van der Waals surface area contributed by atoms with Crippen molar-refractivity contribution in [3.63, 3.8) is 0 Å². The summed E-state index contributed by atoms with van der Waals surface area (Å²) in [5.41, 5.74) is 1.34. The maximum atomic E-state index is 5.78. The molecule has 0 saturated carbocycles. The summed E-state index contributed by atoms with van der Waals surface area (Å²) >= 11 is 9.26. The molecule has 0 aliphatic rings. The molecule has 84 valence electrons. The summed E-state index contributed by atoms with van der Waals surface area (Å²) in [7, 11) is 0. The fourth-order valence-electron chi connectivity index (χ4n) is 1.60. The maximum absolute atomic E-state index is 5.78. The molecular weight excluding hydrogens is 273 g/mol. The third-order valence-electron chi connectivity index (χ3n) is 2.24. The van der Waals surface area contributed by atoms with Crippen molar-refractivity contribution in [1.82, 2.24) is 4.90 Å². The van der Waals surface area contributed by atoms with Gasteiger partial charge in [-0.15, -0.1) is 11.6 Å². The van der Waals surface area contributed by atoms with Crippen molar-refractivity contribution in [2.45, 2.75) is 19.9 Å². The van der Waals surface area contributed by atoms with Crippen molar-refractivity contribution in [2.75, 3.05) is 19.0 Å². The number of halogens is 2. The summed E-state index contributed by atoms with van der Waals surface area (Å²) in [6, 6.07) is 8.44. The summed E-state index contributed by atoms with van der Waals surface area (Å²) in [5.74, 6) is 0.702. The normalized spacial score (nSPS) is 10.9. The van der Waals surface area contributed by atoms with E-state index in [9.17, 15) is 0 Å². The molecule has 0 spiro atoms. The predicted molar refractivity (Wildman–Crippen MR) is 70.4 cm³/mol. The van der Waals surface area contributed by atoms with E-state index in [1.165, 1.54) is 12.0 Å². The van der Waals surface area contributed by atoms with Gasteiger partial charge >= 0.3 is 0 Å². The van der Waals surface area contributed by atoms with Crippen LogP contribution in [0.2, 0.25) is 0 Å². The molecule has 3 heteroatoms. The molecule has 0 aliphatic heterocycles. The van der Waals surface area contributed by atoms with Gasteiger partial charge in [-0.1, -0.05) is 35.0 Å². The van der Waals surface area contributed by atoms with Crippen LogP contribution < -0.4 is 0 Å². The molecule has 1 rings (SSSR count). The Morgan fingerprint density at radius 1 is 1.33 bits per heavy atom. The lowest BCUT2D eigenvalue weighted by Crippen LogP contribution is -2.26. The Labute approximate surface area is 106 Å². The molecule has 0 aliphatic carbocycles. The van der Waals surface area contributed by atoms with Crippen LogP contribution in [0.5, 0.6) is 0 Å². The van der Waals surface area contributed by atoms with E-state index in [2.05, 4.69) is 52.0 Å². The molecule has 0 amide bonds. The molecule has 0 unspecified atom stereocenters. The lowest BCUT2D eigenvalue weighted by atomic mass is 10.2. The van der Waals surface area contributed by atoms with Crippen LogP contribution in [0.25, 0.3) is 0 Å². The average Bonchev–Trinajstić information content (AvgIpc) is 2.18. The minimum Gasteiger partial charge on any atom is -0.298 e. The fraction of sp³-hybridized carbons (Fsp3) is 0.500. The van der Waals surface area contributed by atoms with Crippen molar-refractivity contribution in [1.29, 1.82) is 0 Å². The van der Waals surface area contributed by atoms with Gasteiger partial charge in [0.25, 0.3) is 0 Å². The van der Waals surface area contributed by atoms with E-state index in [4.69, 9.17) is 11.6 Å². The summed E-state index contributed by atoms with van der Waals surface area (Å²) in [6.45, 7) is 5.25. The first kappa shape index (κ1) is 13.0. The second kappa shape index (κ2) is 7.26. The Morgan fingerprint density at radius 2 is 2.13 bits per heavy atom. The Kier molecular flexibility index (Phi) is 6.30. The van der Waals surface area contributed by atoms with Gasteiger partial charge in [-0.3, -0.25) is 4.90 Å². The van der Waals surface area contributed by atoms with Gasteiger partial charge in [0.15, 0.2) is 0 Å². The largest absolute Gasteiger partial charge is 0.298 e. The molecule has 1 aromatic carbocycles. The van der Waals surface area contributed by atoms with Gasteiger partial charge in [0.05, 0.1) is 0 Å². The summed E-state index contributed by atoms with van der Waals surface area (Å²) in [4.78, 5) is 2.38. The highest BCUT2D eigenvalue weighted by atomic mass is 79.9.